The van der Waals surface area contributed by atoms with E-state index < -0.39 is 97.5 Å². The summed E-state index contributed by atoms with van der Waals surface area (Å²) in [4.78, 5) is 72.3. The number of rotatable bonds is 71. The summed E-state index contributed by atoms with van der Waals surface area (Å²) in [5, 5.41) is 10.6. The topological polar surface area (TPSA) is 237 Å². The maximum atomic E-state index is 13.1. The van der Waals surface area contributed by atoms with Gasteiger partial charge in [-0.15, -0.1) is 0 Å². The van der Waals surface area contributed by atoms with Crippen LogP contribution in [0.2, 0.25) is 0 Å². The van der Waals surface area contributed by atoms with Crippen molar-refractivity contribution < 1.29 is 80.2 Å². The van der Waals surface area contributed by atoms with Crippen LogP contribution < -0.4 is 0 Å². The first-order valence-corrected chi connectivity index (χ1v) is 40.5. The summed E-state index contributed by atoms with van der Waals surface area (Å²) in [6.45, 7) is 9.42. The second kappa shape index (κ2) is 64.1. The van der Waals surface area contributed by atoms with Gasteiger partial charge in [0.1, 0.15) is 19.3 Å². The predicted molar refractivity (Wildman–Crippen MR) is 368 cm³/mol. The molecule has 0 saturated carbocycles. The summed E-state index contributed by atoms with van der Waals surface area (Å²) < 4.78 is 68.1. The van der Waals surface area contributed by atoms with Gasteiger partial charge in [0.05, 0.1) is 26.4 Å². The number of aliphatic hydroxyl groups is 1. The van der Waals surface area contributed by atoms with Crippen molar-refractivity contribution in [2.45, 2.75) is 387 Å². The Morgan fingerprint density at radius 3 is 0.835 bits per heavy atom. The summed E-state index contributed by atoms with van der Waals surface area (Å²) >= 11 is 0. The Balaban J connectivity index is 5.10. The highest BCUT2D eigenvalue weighted by molar-refractivity contribution is 7.47. The molecule has 91 heavy (non-hydrogen) atoms. The molecule has 3 N–H and O–H groups in total. The van der Waals surface area contributed by atoms with Gasteiger partial charge in [0, 0.05) is 25.7 Å². The van der Waals surface area contributed by atoms with Crippen LogP contribution in [-0.4, -0.2) is 96.7 Å². The lowest BCUT2D eigenvalue weighted by molar-refractivity contribution is -0.161. The Labute approximate surface area is 556 Å². The normalized spacial score (nSPS) is 14.4. The van der Waals surface area contributed by atoms with Gasteiger partial charge in [0.15, 0.2) is 12.2 Å². The molecule has 0 saturated heterocycles. The lowest BCUT2D eigenvalue weighted by atomic mass is 10.00. The van der Waals surface area contributed by atoms with Gasteiger partial charge in [0.2, 0.25) is 0 Å². The summed E-state index contributed by atoms with van der Waals surface area (Å²) in [6.07, 6.45) is 50.7. The molecule has 0 spiro atoms. The number of phosphoric ester groups is 2. The average molecular weight is 1340 g/mol. The van der Waals surface area contributed by atoms with Crippen LogP contribution in [0.15, 0.2) is 0 Å². The van der Waals surface area contributed by atoms with E-state index in [1.807, 2.05) is 0 Å². The Kier molecular flexibility index (Phi) is 62.7. The number of ether oxygens (including phenoxy) is 4. The highest BCUT2D eigenvalue weighted by atomic mass is 31.2. The molecule has 0 aromatic carbocycles. The molecule has 0 aliphatic rings. The Bertz CT molecular complexity index is 1770. The maximum Gasteiger partial charge on any atom is 0.472 e. The van der Waals surface area contributed by atoms with Crippen molar-refractivity contribution in [3.63, 3.8) is 0 Å². The van der Waals surface area contributed by atoms with Gasteiger partial charge in [-0.1, -0.05) is 318 Å². The molecular formula is C72H140O17P2. The quantitative estimate of drug-likeness (QED) is 0.0222. The van der Waals surface area contributed by atoms with Gasteiger partial charge in [-0.2, -0.15) is 0 Å². The van der Waals surface area contributed by atoms with Crippen LogP contribution in [-0.2, 0) is 65.4 Å². The predicted octanol–water partition coefficient (Wildman–Crippen LogP) is 20.8. The van der Waals surface area contributed by atoms with E-state index >= 15 is 0 Å². The Morgan fingerprint density at radius 1 is 0.319 bits per heavy atom. The SMILES string of the molecule is CCCCCCCCCCCCCCCCCCCCCCCCC(=O)O[C@H](COC(=O)CCCCCCCCCCCCCC(C)C)COP(=O)(O)OC[C@@H](O)COP(=O)(O)OC[C@@H](COC(=O)CCCCCCC)OC(=O)CCCCCCCCC(C)CC. The average Bonchev–Trinajstić information content (AvgIpc) is 3.34. The molecule has 0 aliphatic heterocycles. The van der Waals surface area contributed by atoms with E-state index in [1.165, 1.54) is 180 Å². The van der Waals surface area contributed by atoms with Crippen LogP contribution in [0.3, 0.4) is 0 Å². The van der Waals surface area contributed by atoms with Crippen LogP contribution in [0.5, 0.6) is 0 Å². The fraction of sp³-hybridized carbons (Fsp3) is 0.944. The standard InChI is InChI=1S/C72H140O17P2/c1-7-10-12-14-15-16-17-18-19-20-21-22-23-24-25-26-27-30-34-37-44-50-56-71(76)88-68(61-83-70(75)55-49-43-36-33-31-28-29-32-35-41-46-52-64(4)5)63-87-91(80,81)85-59-66(73)58-84-90(78,79)86-62-67(60-82-69(74)54-48-40-13-11-8-2)89-72(77)57-51-45-39-38-42-47-53-65(6)9-3/h64-68,73H,7-63H2,1-6H3,(H,78,79)(H,80,81)/t65?,66-,67+,68+/m0/s1. The van der Waals surface area contributed by atoms with Crippen molar-refractivity contribution in [2.24, 2.45) is 11.8 Å². The smallest absolute Gasteiger partial charge is 0.462 e. The molecule has 17 nitrogen and oxygen atoms in total. The summed E-state index contributed by atoms with van der Waals surface area (Å²) in [5.41, 5.74) is 0. The summed E-state index contributed by atoms with van der Waals surface area (Å²) in [5.74, 6) is -0.646. The van der Waals surface area contributed by atoms with Crippen LogP contribution in [0.4, 0.5) is 0 Å². The molecule has 3 unspecified atom stereocenters. The largest absolute Gasteiger partial charge is 0.472 e. The van der Waals surface area contributed by atoms with Gasteiger partial charge < -0.3 is 33.8 Å². The zero-order valence-electron chi connectivity index (χ0n) is 59.1. The van der Waals surface area contributed by atoms with E-state index in [1.54, 1.807) is 0 Å². The first-order valence-electron chi connectivity index (χ1n) is 37.5. The first-order chi connectivity index (χ1) is 43.9. The van der Waals surface area contributed by atoms with Crippen molar-refractivity contribution in [3.05, 3.63) is 0 Å². The van der Waals surface area contributed by atoms with Crippen molar-refractivity contribution in [3.8, 4) is 0 Å². The van der Waals surface area contributed by atoms with Crippen molar-refractivity contribution in [1.82, 2.24) is 0 Å². The molecule has 0 radical (unpaired) electrons. The fourth-order valence-electron chi connectivity index (χ4n) is 10.9. The monoisotopic (exact) mass is 1340 g/mol. The molecule has 0 rings (SSSR count). The minimum atomic E-state index is -4.95. The van der Waals surface area contributed by atoms with E-state index in [-0.39, 0.29) is 25.7 Å². The molecule has 0 aromatic rings. The number of hydrogen-bond donors (Lipinski definition) is 3. The number of aliphatic hydroxyl groups excluding tert-OH is 1. The van der Waals surface area contributed by atoms with Gasteiger partial charge in [-0.3, -0.25) is 37.3 Å². The molecule has 0 fully saturated rings. The lowest BCUT2D eigenvalue weighted by Gasteiger charge is -2.21. The molecule has 0 amide bonds. The lowest BCUT2D eigenvalue weighted by Crippen LogP contribution is -2.30. The molecule has 540 valence electrons. The molecule has 0 bridgehead atoms. The number of phosphoric acid groups is 2. The second-order valence-electron chi connectivity index (χ2n) is 26.7. The zero-order chi connectivity index (χ0) is 67.2. The molecular weight excluding hydrogens is 1200 g/mol. The van der Waals surface area contributed by atoms with Gasteiger partial charge >= 0.3 is 39.5 Å². The van der Waals surface area contributed by atoms with Crippen LogP contribution in [0.1, 0.15) is 369 Å². The highest BCUT2D eigenvalue weighted by Gasteiger charge is 2.30. The number of esters is 4. The second-order valence-corrected chi connectivity index (χ2v) is 29.6. The number of unbranched alkanes of at least 4 members (excludes halogenated alkanes) is 40. The van der Waals surface area contributed by atoms with Crippen molar-refractivity contribution in [2.75, 3.05) is 39.6 Å². The highest BCUT2D eigenvalue weighted by Crippen LogP contribution is 2.45. The fourth-order valence-corrected chi connectivity index (χ4v) is 12.5. The molecule has 6 atom stereocenters. The van der Waals surface area contributed by atoms with Gasteiger partial charge in [0.25, 0.3) is 0 Å². The van der Waals surface area contributed by atoms with E-state index in [9.17, 15) is 43.2 Å². The van der Waals surface area contributed by atoms with Crippen molar-refractivity contribution in [1.29, 1.82) is 0 Å². The zero-order valence-corrected chi connectivity index (χ0v) is 60.9. The van der Waals surface area contributed by atoms with E-state index in [4.69, 9.17) is 37.0 Å². The van der Waals surface area contributed by atoms with E-state index in [0.717, 1.165) is 108 Å². The van der Waals surface area contributed by atoms with Crippen LogP contribution in [0.25, 0.3) is 0 Å². The number of carbonyl (C=O) groups excluding carboxylic acids is 4. The number of hydrogen-bond acceptors (Lipinski definition) is 15. The van der Waals surface area contributed by atoms with Gasteiger partial charge in [-0.05, 0) is 37.5 Å². The molecule has 19 heteroatoms. The van der Waals surface area contributed by atoms with Crippen molar-refractivity contribution >= 4 is 39.5 Å². The third-order valence-electron chi connectivity index (χ3n) is 17.1. The molecule has 0 heterocycles. The maximum absolute atomic E-state index is 13.1. The minimum absolute atomic E-state index is 0.102. The summed E-state index contributed by atoms with van der Waals surface area (Å²) in [7, 11) is -9.89. The number of carbonyl (C=O) groups is 4. The Morgan fingerprint density at radius 2 is 0.560 bits per heavy atom. The van der Waals surface area contributed by atoms with Gasteiger partial charge in [-0.25, -0.2) is 9.13 Å². The van der Waals surface area contributed by atoms with Crippen LogP contribution >= 0.6 is 15.6 Å². The minimum Gasteiger partial charge on any atom is -0.462 e. The Hall–Kier alpha value is -1.94. The third kappa shape index (κ3) is 65.1. The van der Waals surface area contributed by atoms with E-state index in [2.05, 4.69) is 41.5 Å². The molecule has 0 aliphatic carbocycles. The first kappa shape index (κ1) is 89.1. The summed E-state index contributed by atoms with van der Waals surface area (Å²) in [6, 6.07) is 0. The van der Waals surface area contributed by atoms with Crippen LogP contribution in [0, 0.1) is 11.8 Å². The third-order valence-corrected chi connectivity index (χ3v) is 19.0. The van der Waals surface area contributed by atoms with E-state index in [0.29, 0.717) is 25.7 Å². The molecule has 0 aromatic heterocycles.